The lowest BCUT2D eigenvalue weighted by molar-refractivity contribution is 0.248. The molecule has 2 heterocycles. The van der Waals surface area contributed by atoms with Gasteiger partial charge in [0.2, 0.25) is 5.95 Å². The molecule has 4 N–H and O–H groups in total. The Bertz CT molecular complexity index is 983. The number of carbonyl (C=O) groups excluding carboxylic acids is 1. The number of hydrogen-bond donors (Lipinski definition) is 4. The molecule has 150 valence electrons. The summed E-state index contributed by atoms with van der Waals surface area (Å²) in [5.41, 5.74) is 0.654. The number of fused-ring (bicyclic) bond motifs is 4. The van der Waals surface area contributed by atoms with E-state index in [1.165, 1.54) is 7.05 Å². The Morgan fingerprint density at radius 2 is 2.21 bits per heavy atom. The quantitative estimate of drug-likeness (QED) is 0.500. The molecule has 11 heteroatoms. The van der Waals surface area contributed by atoms with E-state index >= 15 is 0 Å². The topological polar surface area (TPSA) is 117 Å². The molecule has 1 unspecified atom stereocenters. The van der Waals surface area contributed by atoms with E-state index in [1.807, 2.05) is 0 Å². The SMILES string of the molecule is C=S(=O)(NC(=O)NC)c1ccc2cc1OCCCCNc1nc(ncc1Br)N2. The molecule has 2 aromatic rings. The summed E-state index contributed by atoms with van der Waals surface area (Å²) in [6, 6.07) is 4.43. The minimum atomic E-state index is -3.09. The molecule has 0 spiro atoms. The first-order valence-corrected chi connectivity index (χ1v) is 11.1. The number of halogens is 1. The van der Waals surface area contributed by atoms with Crippen molar-refractivity contribution in [3.05, 3.63) is 28.9 Å². The normalized spacial score (nSPS) is 15.8. The van der Waals surface area contributed by atoms with Gasteiger partial charge in [-0.1, -0.05) is 0 Å². The van der Waals surface area contributed by atoms with Crippen LogP contribution in [0, 0.1) is 0 Å². The number of benzene rings is 1. The van der Waals surface area contributed by atoms with E-state index in [1.54, 1.807) is 24.4 Å². The molecule has 0 radical (unpaired) electrons. The van der Waals surface area contributed by atoms with Crippen molar-refractivity contribution in [1.29, 1.82) is 0 Å². The summed E-state index contributed by atoms with van der Waals surface area (Å²) in [6.07, 6.45) is 3.30. The predicted molar refractivity (Wildman–Crippen MR) is 114 cm³/mol. The fourth-order valence-corrected chi connectivity index (χ4v) is 4.10. The predicted octanol–water partition coefficient (Wildman–Crippen LogP) is 2.49. The molecule has 1 aromatic heterocycles. The molecule has 9 nitrogen and oxygen atoms in total. The number of nitrogens with one attached hydrogen (secondary N) is 4. The summed E-state index contributed by atoms with van der Waals surface area (Å²) in [5, 5.41) is 8.74. The summed E-state index contributed by atoms with van der Waals surface area (Å²) < 4.78 is 22.0. The van der Waals surface area contributed by atoms with Crippen LogP contribution in [0.15, 0.2) is 33.8 Å². The Kier molecular flexibility index (Phi) is 6.25. The zero-order chi connectivity index (χ0) is 20.1. The van der Waals surface area contributed by atoms with Crippen molar-refractivity contribution >= 4 is 55.0 Å². The van der Waals surface area contributed by atoms with Crippen LogP contribution in [0.3, 0.4) is 0 Å². The first-order chi connectivity index (χ1) is 13.4. The number of hydrogen-bond acceptors (Lipinski definition) is 7. The van der Waals surface area contributed by atoms with E-state index in [2.05, 4.69) is 52.4 Å². The highest BCUT2D eigenvalue weighted by Gasteiger charge is 2.18. The number of carbonyl (C=O) groups is 1. The van der Waals surface area contributed by atoms with E-state index in [0.29, 0.717) is 41.3 Å². The number of nitrogens with zero attached hydrogens (tertiary/aromatic N) is 2. The molecule has 1 aromatic carbocycles. The molecule has 0 saturated heterocycles. The number of anilines is 3. The number of rotatable bonds is 2. The van der Waals surface area contributed by atoms with Gasteiger partial charge in [-0.2, -0.15) is 4.98 Å². The summed E-state index contributed by atoms with van der Waals surface area (Å²) in [4.78, 5) is 20.6. The summed E-state index contributed by atoms with van der Waals surface area (Å²) in [5.74, 6) is 5.17. The lowest BCUT2D eigenvalue weighted by Gasteiger charge is -2.17. The third-order valence-electron chi connectivity index (χ3n) is 3.90. The third kappa shape index (κ3) is 4.84. The number of amides is 2. The van der Waals surface area contributed by atoms with Crippen molar-refractivity contribution in [3.63, 3.8) is 0 Å². The van der Waals surface area contributed by atoms with Gasteiger partial charge in [0.05, 0.1) is 25.7 Å². The molecule has 2 amide bonds. The molecule has 0 fully saturated rings. The second kappa shape index (κ2) is 8.65. The van der Waals surface area contributed by atoms with Gasteiger partial charge in [0.15, 0.2) is 0 Å². The molecule has 3 rings (SSSR count). The van der Waals surface area contributed by atoms with Crippen LogP contribution in [0.25, 0.3) is 0 Å². The first kappa shape index (κ1) is 20.2. The average Bonchev–Trinajstić information content (AvgIpc) is 2.66. The molecular formula is C17H21BrN6O3S. The Morgan fingerprint density at radius 3 is 3.00 bits per heavy atom. The zero-order valence-electron chi connectivity index (χ0n) is 15.3. The van der Waals surface area contributed by atoms with Crippen LogP contribution in [0.5, 0.6) is 5.75 Å². The Balaban J connectivity index is 1.98. The van der Waals surface area contributed by atoms with Crippen LogP contribution in [0.1, 0.15) is 12.8 Å². The monoisotopic (exact) mass is 468 g/mol. The summed E-state index contributed by atoms with van der Waals surface area (Å²) in [6.45, 7) is 1.14. The number of ether oxygens (including phenoxy) is 1. The lowest BCUT2D eigenvalue weighted by atomic mass is 10.3. The highest BCUT2D eigenvalue weighted by molar-refractivity contribution is 9.10. The minimum absolute atomic E-state index is 0.312. The molecular weight excluding hydrogens is 448 g/mol. The van der Waals surface area contributed by atoms with Gasteiger partial charge in [-0.05, 0) is 46.8 Å². The standard InChI is InChI=1S/C17H21BrN6O3S/c1-19-17(25)24-28(2,26)14-6-5-11-9-13(14)27-8-4-3-7-20-15-12(18)10-21-16(22-11)23-15/h5-6,9-10H,2-4,7-8H2,1H3,(H2,19,24,25,26)(H2,20,21,22,23). The first-order valence-electron chi connectivity index (χ1n) is 8.56. The molecule has 0 aliphatic carbocycles. The Hall–Kier alpha value is -2.53. The highest BCUT2D eigenvalue weighted by atomic mass is 79.9. The minimum Gasteiger partial charge on any atom is -0.492 e. The van der Waals surface area contributed by atoms with Gasteiger partial charge in [0.1, 0.15) is 11.6 Å². The van der Waals surface area contributed by atoms with E-state index < -0.39 is 15.7 Å². The fourth-order valence-electron chi connectivity index (χ4n) is 2.52. The van der Waals surface area contributed by atoms with E-state index in [0.717, 1.165) is 17.3 Å². The second-order valence-corrected chi connectivity index (χ2v) is 8.86. The van der Waals surface area contributed by atoms with Gasteiger partial charge in [0, 0.05) is 31.5 Å². The largest absolute Gasteiger partial charge is 0.492 e. The number of urea groups is 1. The van der Waals surface area contributed by atoms with Crippen molar-refractivity contribution in [2.45, 2.75) is 17.7 Å². The Morgan fingerprint density at radius 1 is 1.39 bits per heavy atom. The van der Waals surface area contributed by atoms with Crippen LogP contribution in [-0.2, 0) is 9.71 Å². The van der Waals surface area contributed by atoms with Crippen LogP contribution in [0.4, 0.5) is 22.2 Å². The van der Waals surface area contributed by atoms with Gasteiger partial charge in [-0.15, -0.1) is 0 Å². The van der Waals surface area contributed by atoms with Gasteiger partial charge in [-0.25, -0.2) is 14.0 Å². The van der Waals surface area contributed by atoms with Crippen LogP contribution in [-0.4, -0.2) is 46.3 Å². The van der Waals surface area contributed by atoms with Gasteiger partial charge >= 0.3 is 6.03 Å². The van der Waals surface area contributed by atoms with Crippen molar-refractivity contribution in [2.24, 2.45) is 0 Å². The van der Waals surface area contributed by atoms with E-state index in [9.17, 15) is 9.00 Å². The molecule has 4 bridgehead atoms. The summed E-state index contributed by atoms with van der Waals surface area (Å²) in [7, 11) is -1.65. The van der Waals surface area contributed by atoms with Crippen molar-refractivity contribution in [1.82, 2.24) is 20.0 Å². The molecule has 1 atom stereocenters. The lowest BCUT2D eigenvalue weighted by Crippen LogP contribution is -2.37. The smallest absolute Gasteiger partial charge is 0.326 e. The fraction of sp³-hybridized carbons (Fsp3) is 0.294. The average molecular weight is 469 g/mol. The maximum Gasteiger partial charge on any atom is 0.326 e. The van der Waals surface area contributed by atoms with E-state index in [4.69, 9.17) is 4.74 Å². The van der Waals surface area contributed by atoms with Crippen LogP contribution >= 0.6 is 15.9 Å². The van der Waals surface area contributed by atoms with Crippen LogP contribution in [0.2, 0.25) is 0 Å². The second-order valence-electron chi connectivity index (χ2n) is 6.02. The third-order valence-corrected chi connectivity index (χ3v) is 6.05. The molecule has 28 heavy (non-hydrogen) atoms. The van der Waals surface area contributed by atoms with Gasteiger partial charge < -0.3 is 20.7 Å². The van der Waals surface area contributed by atoms with Crippen LogP contribution < -0.4 is 25.4 Å². The maximum atomic E-state index is 13.0. The molecule has 1 aliphatic rings. The molecule has 0 saturated carbocycles. The zero-order valence-corrected chi connectivity index (χ0v) is 17.7. The van der Waals surface area contributed by atoms with E-state index in [-0.39, 0.29) is 0 Å². The van der Waals surface area contributed by atoms with Crippen molar-refractivity contribution in [3.8, 4) is 5.75 Å². The Labute approximate surface area is 172 Å². The van der Waals surface area contributed by atoms with Gasteiger partial charge in [-0.3, -0.25) is 4.72 Å². The van der Waals surface area contributed by atoms with Gasteiger partial charge in [0.25, 0.3) is 0 Å². The summed E-state index contributed by atoms with van der Waals surface area (Å²) >= 11 is 3.43. The highest BCUT2D eigenvalue weighted by Crippen LogP contribution is 2.30. The molecule has 1 aliphatic heterocycles. The maximum absolute atomic E-state index is 13.0. The number of aromatic nitrogens is 2. The van der Waals surface area contributed by atoms with Crippen molar-refractivity contribution < 1.29 is 13.7 Å². The van der Waals surface area contributed by atoms with Crippen molar-refractivity contribution in [2.75, 3.05) is 30.8 Å².